The topological polar surface area (TPSA) is 66.5 Å². The average Bonchev–Trinajstić information content (AvgIpc) is 2.20. The van der Waals surface area contributed by atoms with Gasteiger partial charge in [-0.25, -0.2) is 0 Å². The molecule has 0 aliphatic heterocycles. The van der Waals surface area contributed by atoms with E-state index in [-0.39, 0.29) is 5.75 Å². The Hall–Kier alpha value is -0.710. The van der Waals surface area contributed by atoms with Gasteiger partial charge in [-0.1, -0.05) is 12.1 Å². The van der Waals surface area contributed by atoms with Crippen molar-refractivity contribution in [3.63, 3.8) is 0 Å². The molecule has 0 saturated carbocycles. The molecule has 78 valence electrons. The Morgan fingerprint density at radius 3 is 2.64 bits per heavy atom. The fourth-order valence-electron chi connectivity index (χ4n) is 1.30. The van der Waals surface area contributed by atoms with Gasteiger partial charge in [0.25, 0.3) is 0 Å². The Morgan fingerprint density at radius 2 is 2.07 bits per heavy atom. The molecule has 4 heteroatoms. The molecule has 2 unspecified atom stereocenters. The molecule has 1 aromatic carbocycles. The van der Waals surface area contributed by atoms with E-state index in [2.05, 4.69) is 12.6 Å². The van der Waals surface area contributed by atoms with Crippen LogP contribution in [0.1, 0.15) is 17.2 Å². The van der Waals surface area contributed by atoms with Crippen molar-refractivity contribution in [1.29, 1.82) is 0 Å². The van der Waals surface area contributed by atoms with Crippen molar-refractivity contribution < 1.29 is 10.2 Å². The Kier molecular flexibility index (Phi) is 3.80. The summed E-state index contributed by atoms with van der Waals surface area (Å²) in [4.78, 5) is 0. The van der Waals surface area contributed by atoms with Crippen molar-refractivity contribution in [2.75, 3.05) is 11.5 Å². The molecule has 2 atom stereocenters. The molecule has 14 heavy (non-hydrogen) atoms. The zero-order valence-corrected chi connectivity index (χ0v) is 8.91. The van der Waals surface area contributed by atoms with Crippen LogP contribution in [0.15, 0.2) is 18.2 Å². The number of anilines is 1. The number of benzene rings is 1. The van der Waals surface area contributed by atoms with Gasteiger partial charge in [0, 0.05) is 11.4 Å². The SMILES string of the molecule is Cc1c(N)cccc1C(O)C(O)CS. The van der Waals surface area contributed by atoms with Crippen molar-refractivity contribution in [3.05, 3.63) is 29.3 Å². The number of aliphatic hydroxyl groups is 2. The van der Waals surface area contributed by atoms with E-state index >= 15 is 0 Å². The zero-order valence-electron chi connectivity index (χ0n) is 8.01. The number of hydrogen-bond acceptors (Lipinski definition) is 4. The minimum atomic E-state index is -0.920. The number of nitrogen functional groups attached to an aromatic ring is 1. The van der Waals surface area contributed by atoms with E-state index in [1.165, 1.54) is 0 Å². The van der Waals surface area contributed by atoms with Gasteiger partial charge >= 0.3 is 0 Å². The minimum absolute atomic E-state index is 0.218. The van der Waals surface area contributed by atoms with Crippen LogP contribution in [-0.2, 0) is 0 Å². The number of rotatable bonds is 3. The lowest BCUT2D eigenvalue weighted by atomic mass is 9.99. The molecule has 0 fully saturated rings. The fourth-order valence-corrected chi connectivity index (χ4v) is 1.50. The molecule has 0 aromatic heterocycles. The van der Waals surface area contributed by atoms with Crippen LogP contribution in [-0.4, -0.2) is 22.1 Å². The van der Waals surface area contributed by atoms with Crippen molar-refractivity contribution >= 4 is 18.3 Å². The lowest BCUT2D eigenvalue weighted by molar-refractivity contribution is 0.0334. The zero-order chi connectivity index (χ0) is 10.7. The minimum Gasteiger partial charge on any atom is -0.399 e. The molecule has 0 saturated heterocycles. The van der Waals surface area contributed by atoms with Crippen molar-refractivity contribution in [2.45, 2.75) is 19.1 Å². The summed E-state index contributed by atoms with van der Waals surface area (Å²) in [6, 6.07) is 5.27. The number of hydrogen-bond donors (Lipinski definition) is 4. The Morgan fingerprint density at radius 1 is 1.43 bits per heavy atom. The van der Waals surface area contributed by atoms with E-state index in [0.29, 0.717) is 11.3 Å². The summed E-state index contributed by atoms with van der Waals surface area (Å²) in [5, 5.41) is 19.2. The monoisotopic (exact) mass is 213 g/mol. The third-order valence-corrected chi connectivity index (χ3v) is 2.66. The van der Waals surface area contributed by atoms with Gasteiger partial charge < -0.3 is 15.9 Å². The van der Waals surface area contributed by atoms with Gasteiger partial charge in [-0.05, 0) is 24.1 Å². The highest BCUT2D eigenvalue weighted by molar-refractivity contribution is 7.80. The second-order valence-electron chi connectivity index (χ2n) is 3.26. The van der Waals surface area contributed by atoms with Crippen LogP contribution in [0.4, 0.5) is 5.69 Å². The molecular formula is C10H15NO2S. The van der Waals surface area contributed by atoms with Crippen LogP contribution in [0.25, 0.3) is 0 Å². The largest absolute Gasteiger partial charge is 0.399 e. The molecule has 3 nitrogen and oxygen atoms in total. The van der Waals surface area contributed by atoms with Crippen LogP contribution in [0, 0.1) is 6.92 Å². The van der Waals surface area contributed by atoms with Crippen LogP contribution in [0.2, 0.25) is 0 Å². The van der Waals surface area contributed by atoms with Crippen LogP contribution in [0.5, 0.6) is 0 Å². The van der Waals surface area contributed by atoms with Crippen LogP contribution < -0.4 is 5.73 Å². The van der Waals surface area contributed by atoms with Gasteiger partial charge in [0.05, 0.1) is 6.10 Å². The number of nitrogens with two attached hydrogens (primary N) is 1. The Bertz CT molecular complexity index is 317. The van der Waals surface area contributed by atoms with E-state index < -0.39 is 12.2 Å². The maximum atomic E-state index is 9.74. The summed E-state index contributed by atoms with van der Waals surface area (Å²) >= 11 is 3.92. The first kappa shape index (κ1) is 11.4. The van der Waals surface area contributed by atoms with Crippen molar-refractivity contribution in [3.8, 4) is 0 Å². The molecule has 4 N–H and O–H groups in total. The highest BCUT2D eigenvalue weighted by Gasteiger charge is 2.18. The van der Waals surface area contributed by atoms with Crippen molar-refractivity contribution in [1.82, 2.24) is 0 Å². The van der Waals surface area contributed by atoms with E-state index in [1.807, 2.05) is 6.92 Å². The summed E-state index contributed by atoms with van der Waals surface area (Å²) in [6.45, 7) is 1.82. The lowest BCUT2D eigenvalue weighted by Crippen LogP contribution is -2.20. The summed E-state index contributed by atoms with van der Waals surface area (Å²) < 4.78 is 0. The molecule has 0 radical (unpaired) electrons. The summed E-state index contributed by atoms with van der Waals surface area (Å²) in [7, 11) is 0. The summed E-state index contributed by atoms with van der Waals surface area (Å²) in [5.74, 6) is 0.218. The third kappa shape index (κ3) is 2.20. The molecule has 0 aliphatic rings. The Labute approximate surface area is 89.0 Å². The first-order chi connectivity index (χ1) is 6.57. The molecular weight excluding hydrogens is 198 g/mol. The molecule has 1 aromatic rings. The van der Waals surface area contributed by atoms with Crippen LogP contribution >= 0.6 is 12.6 Å². The molecule has 0 spiro atoms. The van der Waals surface area contributed by atoms with Gasteiger partial charge in [0.1, 0.15) is 6.10 Å². The van der Waals surface area contributed by atoms with E-state index in [4.69, 9.17) is 5.73 Å². The molecule has 1 rings (SSSR count). The summed E-state index contributed by atoms with van der Waals surface area (Å²) in [6.07, 6.45) is -1.78. The second kappa shape index (κ2) is 4.68. The Balaban J connectivity index is 3.01. The number of aliphatic hydroxyl groups excluding tert-OH is 2. The summed E-state index contributed by atoms with van der Waals surface area (Å²) in [5.41, 5.74) is 7.77. The first-order valence-corrected chi connectivity index (χ1v) is 5.03. The molecule has 0 aliphatic carbocycles. The number of thiol groups is 1. The quantitative estimate of drug-likeness (QED) is 0.445. The highest BCUT2D eigenvalue weighted by atomic mass is 32.1. The molecule has 0 bridgehead atoms. The smallest absolute Gasteiger partial charge is 0.106 e. The maximum absolute atomic E-state index is 9.74. The molecule has 0 amide bonds. The van der Waals surface area contributed by atoms with E-state index in [0.717, 1.165) is 5.56 Å². The van der Waals surface area contributed by atoms with E-state index in [1.54, 1.807) is 18.2 Å². The van der Waals surface area contributed by atoms with Gasteiger partial charge in [-0.2, -0.15) is 12.6 Å². The fraction of sp³-hybridized carbons (Fsp3) is 0.400. The predicted molar refractivity (Wildman–Crippen MR) is 60.4 cm³/mol. The third-order valence-electron chi connectivity index (χ3n) is 2.29. The van der Waals surface area contributed by atoms with E-state index in [9.17, 15) is 10.2 Å². The standard InChI is InChI=1S/C10H15NO2S/c1-6-7(3-2-4-8(6)11)10(13)9(12)5-14/h2-4,9-10,12-14H,5,11H2,1H3. The van der Waals surface area contributed by atoms with Gasteiger partial charge in [-0.3, -0.25) is 0 Å². The van der Waals surface area contributed by atoms with Gasteiger partial charge in [-0.15, -0.1) is 0 Å². The van der Waals surface area contributed by atoms with Gasteiger partial charge in [0.2, 0.25) is 0 Å². The van der Waals surface area contributed by atoms with Gasteiger partial charge in [0.15, 0.2) is 0 Å². The maximum Gasteiger partial charge on any atom is 0.106 e. The normalized spacial score (nSPS) is 15.1. The second-order valence-corrected chi connectivity index (χ2v) is 3.62. The lowest BCUT2D eigenvalue weighted by Gasteiger charge is -2.18. The molecule has 0 heterocycles. The first-order valence-electron chi connectivity index (χ1n) is 4.40. The predicted octanol–water partition coefficient (Wildman–Crippen LogP) is 0.901. The highest BCUT2D eigenvalue weighted by Crippen LogP contribution is 2.24. The van der Waals surface area contributed by atoms with Crippen molar-refractivity contribution in [2.24, 2.45) is 0 Å². The average molecular weight is 213 g/mol. The van der Waals surface area contributed by atoms with Crippen LogP contribution in [0.3, 0.4) is 0 Å².